The Labute approximate surface area is 398 Å². The number of hydrogen-bond acceptors (Lipinski definition) is 3. The smallest absolute Gasteiger partial charge is 0.145 e. The summed E-state index contributed by atoms with van der Waals surface area (Å²) in [6.07, 6.45) is 0. The molecule has 0 fully saturated rings. The summed E-state index contributed by atoms with van der Waals surface area (Å²) in [6.45, 7) is 0. The molecule has 0 radical (unpaired) electrons. The van der Waals surface area contributed by atoms with Gasteiger partial charge in [0.15, 0.2) is 0 Å². The predicted octanol–water partition coefficient (Wildman–Crippen LogP) is 15.9. The molecule has 1 spiro atoms. The molecule has 0 unspecified atom stereocenters. The third kappa shape index (κ3) is 5.82. The van der Waals surface area contributed by atoms with Crippen LogP contribution in [0.25, 0.3) is 89.6 Å². The Kier molecular flexibility index (Phi) is 8.70. The lowest BCUT2D eigenvalue weighted by Crippen LogP contribution is -2.31. The molecule has 318 valence electrons. The zero-order chi connectivity index (χ0) is 44.8. The van der Waals surface area contributed by atoms with Crippen molar-refractivity contribution >= 4 is 33.8 Å². The second-order valence-corrected chi connectivity index (χ2v) is 18.8. The highest BCUT2D eigenvalue weighted by atomic mass is 32.2. The van der Waals surface area contributed by atoms with Gasteiger partial charge >= 0.3 is 0 Å². The number of imidazole rings is 2. The Morgan fingerprint density at radius 2 is 0.735 bits per heavy atom. The molecular weight excluding hydrogens is 845 g/mol. The maximum Gasteiger partial charge on any atom is 0.145 e. The first-order valence-electron chi connectivity index (χ1n) is 23.1. The van der Waals surface area contributed by atoms with Crippen LogP contribution < -0.4 is 0 Å². The molecule has 2 aromatic heterocycles. The summed E-state index contributed by atoms with van der Waals surface area (Å²) in [5, 5.41) is 0. The number of para-hydroxylation sites is 6. The molecule has 0 saturated carbocycles. The van der Waals surface area contributed by atoms with E-state index < -0.39 is 5.41 Å². The number of fused-ring (bicyclic) bond motifs is 11. The zero-order valence-electron chi connectivity index (χ0n) is 36.8. The number of hydrogen-bond donors (Lipinski definition) is 0. The van der Waals surface area contributed by atoms with Crippen molar-refractivity contribution in [2.24, 2.45) is 0 Å². The van der Waals surface area contributed by atoms with E-state index in [-0.39, 0.29) is 0 Å². The summed E-state index contributed by atoms with van der Waals surface area (Å²) < 4.78 is 4.56. The Morgan fingerprint density at radius 1 is 0.309 bits per heavy atom. The third-order valence-electron chi connectivity index (χ3n) is 14.0. The van der Waals surface area contributed by atoms with Crippen LogP contribution in [0, 0.1) is 0 Å². The van der Waals surface area contributed by atoms with E-state index in [1.54, 1.807) is 0 Å². The first-order valence-corrected chi connectivity index (χ1v) is 24.0. The Bertz CT molecular complexity index is 3760. The SMILES string of the molecule is c1ccc(-n2c(-c3cc(-c4ccc(-c5ccc6c(c5)-c5ccccc5C65c6ccccc6Sc6ccccc65)cc4)cc(-c4nc5ccccc5n4-c4ccccc4)c3)nc3ccccc32)cc1. The summed E-state index contributed by atoms with van der Waals surface area (Å²) >= 11 is 1.88. The largest absolute Gasteiger partial charge is 0.292 e. The summed E-state index contributed by atoms with van der Waals surface area (Å²) in [6, 6.07) is 88.0. The van der Waals surface area contributed by atoms with Crippen molar-refractivity contribution < 1.29 is 0 Å². The minimum Gasteiger partial charge on any atom is -0.292 e. The monoisotopic (exact) mass is 884 g/mol. The van der Waals surface area contributed by atoms with Crippen LogP contribution in [0.3, 0.4) is 0 Å². The molecule has 1 aliphatic heterocycles. The Morgan fingerprint density at radius 3 is 1.31 bits per heavy atom. The fourth-order valence-corrected chi connectivity index (χ4v) is 12.3. The van der Waals surface area contributed by atoms with Crippen LogP contribution in [0.5, 0.6) is 0 Å². The number of aromatic nitrogens is 4. The van der Waals surface area contributed by atoms with Gasteiger partial charge in [0.25, 0.3) is 0 Å². The van der Waals surface area contributed by atoms with Crippen molar-refractivity contribution in [1.82, 2.24) is 19.1 Å². The highest BCUT2D eigenvalue weighted by Gasteiger charge is 2.50. The van der Waals surface area contributed by atoms with E-state index >= 15 is 0 Å². The standard InChI is InChI=1S/C63H40N4S/c1-3-17-47(18-4-1)66-57-27-13-11-25-55(57)64-61(66)45-37-44(38-46(39-45)62-65-56-26-12-14-28-58(56)67(62)48-19-5-2-6-20-48)42-33-31-41(32-34-42)43-35-36-52-50(40-43)49-21-7-8-22-51(49)63(52)53-23-9-15-29-59(53)68-60-30-16-10-24-54(60)63/h1-40H. The third-order valence-corrected chi connectivity index (χ3v) is 15.2. The average molecular weight is 885 g/mol. The van der Waals surface area contributed by atoms with E-state index in [0.717, 1.165) is 67.3 Å². The highest BCUT2D eigenvalue weighted by molar-refractivity contribution is 7.99. The lowest BCUT2D eigenvalue weighted by atomic mass is 9.67. The van der Waals surface area contributed by atoms with Gasteiger partial charge in [-0.15, -0.1) is 0 Å². The van der Waals surface area contributed by atoms with Crippen molar-refractivity contribution in [2.45, 2.75) is 15.2 Å². The van der Waals surface area contributed by atoms with Gasteiger partial charge in [-0.1, -0.05) is 169 Å². The van der Waals surface area contributed by atoms with E-state index in [9.17, 15) is 0 Å². The van der Waals surface area contributed by atoms with Crippen LogP contribution in [-0.4, -0.2) is 19.1 Å². The molecule has 10 aromatic carbocycles. The molecule has 2 aliphatic rings. The molecule has 0 bridgehead atoms. The predicted molar refractivity (Wildman–Crippen MR) is 279 cm³/mol. The normalized spacial score (nSPS) is 13.1. The van der Waals surface area contributed by atoms with Gasteiger partial charge in [-0.25, -0.2) is 9.97 Å². The molecule has 0 amide bonds. The van der Waals surface area contributed by atoms with Crippen LogP contribution in [0.2, 0.25) is 0 Å². The zero-order valence-corrected chi connectivity index (χ0v) is 37.6. The van der Waals surface area contributed by atoms with Gasteiger partial charge in [0.2, 0.25) is 0 Å². The molecule has 0 N–H and O–H groups in total. The topological polar surface area (TPSA) is 35.6 Å². The Balaban J connectivity index is 0.933. The van der Waals surface area contributed by atoms with Crippen LogP contribution in [-0.2, 0) is 5.41 Å². The lowest BCUT2D eigenvalue weighted by Gasteiger charge is -2.39. The molecule has 14 rings (SSSR count). The van der Waals surface area contributed by atoms with Crippen LogP contribution >= 0.6 is 11.8 Å². The van der Waals surface area contributed by atoms with E-state index in [0.29, 0.717) is 0 Å². The quantitative estimate of drug-likeness (QED) is 0.167. The molecule has 0 saturated heterocycles. The lowest BCUT2D eigenvalue weighted by molar-refractivity contribution is 0.722. The molecule has 68 heavy (non-hydrogen) atoms. The van der Waals surface area contributed by atoms with E-state index in [2.05, 4.69) is 252 Å². The summed E-state index contributed by atoms with van der Waals surface area (Å²) in [5.41, 5.74) is 20.3. The van der Waals surface area contributed by atoms with Crippen molar-refractivity contribution in [3.63, 3.8) is 0 Å². The summed E-state index contributed by atoms with van der Waals surface area (Å²) in [7, 11) is 0. The minimum atomic E-state index is -0.391. The molecular formula is C63H40N4S. The highest BCUT2D eigenvalue weighted by Crippen LogP contribution is 2.62. The van der Waals surface area contributed by atoms with Gasteiger partial charge < -0.3 is 0 Å². The first-order chi connectivity index (χ1) is 33.7. The van der Waals surface area contributed by atoms with Gasteiger partial charge in [-0.05, 0) is 141 Å². The van der Waals surface area contributed by atoms with Gasteiger partial charge in [0.05, 0.1) is 27.5 Å². The van der Waals surface area contributed by atoms with Crippen LogP contribution in [0.1, 0.15) is 22.3 Å². The molecule has 4 nitrogen and oxygen atoms in total. The van der Waals surface area contributed by atoms with Gasteiger partial charge in [0, 0.05) is 32.3 Å². The van der Waals surface area contributed by atoms with Crippen molar-refractivity contribution in [1.29, 1.82) is 0 Å². The van der Waals surface area contributed by atoms with Gasteiger partial charge in [-0.2, -0.15) is 0 Å². The van der Waals surface area contributed by atoms with E-state index in [1.807, 2.05) is 11.8 Å². The minimum absolute atomic E-state index is 0.391. The molecule has 12 aromatic rings. The van der Waals surface area contributed by atoms with Crippen LogP contribution in [0.15, 0.2) is 252 Å². The van der Waals surface area contributed by atoms with Crippen molar-refractivity contribution in [3.05, 3.63) is 265 Å². The fraction of sp³-hybridized carbons (Fsp3) is 0.0159. The maximum atomic E-state index is 5.34. The maximum absolute atomic E-state index is 5.34. The molecule has 5 heteroatoms. The second kappa shape index (κ2) is 15.3. The fourth-order valence-electron chi connectivity index (χ4n) is 11.1. The second-order valence-electron chi connectivity index (χ2n) is 17.7. The summed E-state index contributed by atoms with van der Waals surface area (Å²) in [4.78, 5) is 13.3. The molecule has 0 atom stereocenters. The molecule has 3 heterocycles. The van der Waals surface area contributed by atoms with Crippen LogP contribution in [0.4, 0.5) is 0 Å². The van der Waals surface area contributed by atoms with Crippen molar-refractivity contribution in [2.75, 3.05) is 0 Å². The first kappa shape index (κ1) is 38.7. The van der Waals surface area contributed by atoms with Gasteiger partial charge in [-0.3, -0.25) is 9.13 Å². The number of nitrogens with zero attached hydrogens (tertiary/aromatic N) is 4. The summed E-state index contributed by atoms with van der Waals surface area (Å²) in [5.74, 6) is 1.75. The average Bonchev–Trinajstić information content (AvgIpc) is 4.09. The number of benzene rings is 10. The van der Waals surface area contributed by atoms with E-state index in [4.69, 9.17) is 9.97 Å². The Hall–Kier alpha value is -8.51. The number of rotatable bonds is 6. The van der Waals surface area contributed by atoms with Gasteiger partial charge in [0.1, 0.15) is 11.6 Å². The molecule has 1 aliphatic carbocycles. The van der Waals surface area contributed by atoms with Crippen molar-refractivity contribution in [3.8, 4) is 67.5 Å². The van der Waals surface area contributed by atoms with E-state index in [1.165, 1.54) is 54.3 Å².